The maximum Gasteiger partial charge on any atom is 0.338 e. The fourth-order valence-corrected chi connectivity index (χ4v) is 1.80. The van der Waals surface area contributed by atoms with Crippen LogP contribution in [0.4, 0.5) is 0 Å². The van der Waals surface area contributed by atoms with Gasteiger partial charge in [0.25, 0.3) is 0 Å². The van der Waals surface area contributed by atoms with Gasteiger partial charge in [0.05, 0.1) is 19.3 Å². The fourth-order valence-electron chi connectivity index (χ4n) is 1.80. The SMILES string of the molecule is CCOc1cc(C(=O)OC)cc(-c2ccncc2)c1. The first-order valence-corrected chi connectivity index (χ1v) is 6.01. The lowest BCUT2D eigenvalue weighted by atomic mass is 10.0. The average Bonchev–Trinajstić information content (AvgIpc) is 2.47. The zero-order valence-electron chi connectivity index (χ0n) is 10.9. The van der Waals surface area contributed by atoms with Crippen molar-refractivity contribution >= 4 is 5.97 Å². The normalized spacial score (nSPS) is 10.0. The number of methoxy groups -OCH3 is 1. The third kappa shape index (κ3) is 3.10. The summed E-state index contributed by atoms with van der Waals surface area (Å²) in [6.07, 6.45) is 3.42. The molecule has 4 heteroatoms. The van der Waals surface area contributed by atoms with E-state index in [9.17, 15) is 4.79 Å². The second-order valence-corrected chi connectivity index (χ2v) is 3.91. The molecule has 0 aliphatic rings. The number of carbonyl (C=O) groups excluding carboxylic acids is 1. The molecule has 0 N–H and O–H groups in total. The second kappa shape index (κ2) is 6.00. The summed E-state index contributed by atoms with van der Waals surface area (Å²) in [5.41, 5.74) is 2.34. The number of ether oxygens (including phenoxy) is 2. The molecule has 0 aliphatic heterocycles. The van der Waals surface area contributed by atoms with Crippen LogP contribution in [-0.2, 0) is 4.74 Å². The van der Waals surface area contributed by atoms with Crippen molar-refractivity contribution in [3.05, 3.63) is 48.3 Å². The lowest BCUT2D eigenvalue weighted by Gasteiger charge is -2.09. The molecule has 1 aromatic carbocycles. The van der Waals surface area contributed by atoms with Crippen molar-refractivity contribution in [3.8, 4) is 16.9 Å². The largest absolute Gasteiger partial charge is 0.494 e. The molecular weight excluding hydrogens is 242 g/mol. The second-order valence-electron chi connectivity index (χ2n) is 3.91. The van der Waals surface area contributed by atoms with Gasteiger partial charge in [0, 0.05) is 12.4 Å². The van der Waals surface area contributed by atoms with Crippen LogP contribution in [0.5, 0.6) is 5.75 Å². The topological polar surface area (TPSA) is 48.4 Å². The summed E-state index contributed by atoms with van der Waals surface area (Å²) in [7, 11) is 1.36. The predicted octanol–water partition coefficient (Wildman–Crippen LogP) is 2.93. The molecular formula is C15H15NO3. The number of hydrogen-bond acceptors (Lipinski definition) is 4. The number of esters is 1. The van der Waals surface area contributed by atoms with Crippen LogP contribution in [0.3, 0.4) is 0 Å². The minimum atomic E-state index is -0.378. The van der Waals surface area contributed by atoms with Gasteiger partial charge in [-0.05, 0) is 48.4 Å². The number of benzene rings is 1. The van der Waals surface area contributed by atoms with E-state index >= 15 is 0 Å². The van der Waals surface area contributed by atoms with Crippen LogP contribution in [0, 0.1) is 0 Å². The highest BCUT2D eigenvalue weighted by atomic mass is 16.5. The molecule has 4 nitrogen and oxygen atoms in total. The molecule has 0 amide bonds. The Bertz CT molecular complexity index is 567. The number of rotatable bonds is 4. The Morgan fingerprint density at radius 1 is 1.16 bits per heavy atom. The first-order chi connectivity index (χ1) is 9.24. The van der Waals surface area contributed by atoms with Gasteiger partial charge in [0.2, 0.25) is 0 Å². The Balaban J connectivity index is 2.48. The number of aromatic nitrogens is 1. The number of nitrogens with zero attached hydrogens (tertiary/aromatic N) is 1. The lowest BCUT2D eigenvalue weighted by Crippen LogP contribution is -2.02. The van der Waals surface area contributed by atoms with E-state index in [0.717, 1.165) is 11.1 Å². The van der Waals surface area contributed by atoms with E-state index in [4.69, 9.17) is 9.47 Å². The van der Waals surface area contributed by atoms with Crippen LogP contribution in [0.2, 0.25) is 0 Å². The number of pyridine rings is 1. The first kappa shape index (κ1) is 13.1. The van der Waals surface area contributed by atoms with Gasteiger partial charge in [0.1, 0.15) is 5.75 Å². The molecule has 1 heterocycles. The van der Waals surface area contributed by atoms with Gasteiger partial charge >= 0.3 is 5.97 Å². The zero-order chi connectivity index (χ0) is 13.7. The van der Waals surface area contributed by atoms with Gasteiger partial charge in [-0.1, -0.05) is 0 Å². The molecule has 0 bridgehead atoms. The fraction of sp³-hybridized carbons (Fsp3) is 0.200. The molecule has 0 aliphatic carbocycles. The summed E-state index contributed by atoms with van der Waals surface area (Å²) in [5.74, 6) is 0.272. The van der Waals surface area contributed by atoms with Gasteiger partial charge < -0.3 is 9.47 Å². The third-order valence-corrected chi connectivity index (χ3v) is 2.65. The third-order valence-electron chi connectivity index (χ3n) is 2.65. The summed E-state index contributed by atoms with van der Waals surface area (Å²) < 4.78 is 10.2. The van der Waals surface area contributed by atoms with Gasteiger partial charge in [-0.3, -0.25) is 4.98 Å². The zero-order valence-corrected chi connectivity index (χ0v) is 10.9. The summed E-state index contributed by atoms with van der Waals surface area (Å²) in [6.45, 7) is 2.44. The smallest absolute Gasteiger partial charge is 0.338 e. The molecule has 0 spiro atoms. The molecule has 0 radical (unpaired) electrons. The van der Waals surface area contributed by atoms with E-state index in [0.29, 0.717) is 17.9 Å². The van der Waals surface area contributed by atoms with Crippen LogP contribution in [-0.4, -0.2) is 24.7 Å². The van der Waals surface area contributed by atoms with Crippen LogP contribution in [0.1, 0.15) is 17.3 Å². The highest BCUT2D eigenvalue weighted by molar-refractivity contribution is 5.91. The van der Waals surface area contributed by atoms with Gasteiger partial charge in [-0.15, -0.1) is 0 Å². The monoisotopic (exact) mass is 257 g/mol. The highest BCUT2D eigenvalue weighted by Crippen LogP contribution is 2.26. The number of hydrogen-bond donors (Lipinski definition) is 0. The van der Waals surface area contributed by atoms with E-state index in [1.54, 1.807) is 24.5 Å². The van der Waals surface area contributed by atoms with Crippen LogP contribution in [0.15, 0.2) is 42.7 Å². The van der Waals surface area contributed by atoms with E-state index in [-0.39, 0.29) is 5.97 Å². The lowest BCUT2D eigenvalue weighted by molar-refractivity contribution is 0.0600. The standard InChI is InChI=1S/C15H15NO3/c1-3-19-14-9-12(11-4-6-16-7-5-11)8-13(10-14)15(17)18-2/h4-10H,3H2,1-2H3. The van der Waals surface area contributed by atoms with E-state index in [1.807, 2.05) is 25.1 Å². The Morgan fingerprint density at radius 2 is 1.89 bits per heavy atom. The summed E-state index contributed by atoms with van der Waals surface area (Å²) in [6, 6.07) is 9.12. The average molecular weight is 257 g/mol. The van der Waals surface area contributed by atoms with Crippen LogP contribution >= 0.6 is 0 Å². The van der Waals surface area contributed by atoms with Gasteiger partial charge in [-0.25, -0.2) is 4.79 Å². The minimum Gasteiger partial charge on any atom is -0.494 e. The highest BCUT2D eigenvalue weighted by Gasteiger charge is 2.10. The van der Waals surface area contributed by atoms with Crippen molar-refractivity contribution in [1.29, 1.82) is 0 Å². The van der Waals surface area contributed by atoms with Crippen LogP contribution in [0.25, 0.3) is 11.1 Å². The molecule has 0 fully saturated rings. The Kier molecular flexibility index (Phi) is 4.13. The minimum absolute atomic E-state index is 0.378. The van der Waals surface area contributed by atoms with E-state index in [1.165, 1.54) is 7.11 Å². The first-order valence-electron chi connectivity index (χ1n) is 6.01. The van der Waals surface area contributed by atoms with Crippen molar-refractivity contribution in [2.75, 3.05) is 13.7 Å². The summed E-state index contributed by atoms with van der Waals surface area (Å²) in [4.78, 5) is 15.6. The van der Waals surface area contributed by atoms with Crippen molar-refractivity contribution < 1.29 is 14.3 Å². The molecule has 1 aromatic heterocycles. The van der Waals surface area contributed by atoms with Crippen molar-refractivity contribution in [2.45, 2.75) is 6.92 Å². The summed E-state index contributed by atoms with van der Waals surface area (Å²) in [5, 5.41) is 0. The van der Waals surface area contributed by atoms with Gasteiger partial charge in [0.15, 0.2) is 0 Å². The maximum absolute atomic E-state index is 11.7. The van der Waals surface area contributed by atoms with Crippen LogP contribution < -0.4 is 4.74 Å². The molecule has 2 rings (SSSR count). The van der Waals surface area contributed by atoms with Crippen molar-refractivity contribution in [1.82, 2.24) is 4.98 Å². The summed E-state index contributed by atoms with van der Waals surface area (Å²) >= 11 is 0. The molecule has 0 unspecified atom stereocenters. The quantitative estimate of drug-likeness (QED) is 0.790. The maximum atomic E-state index is 11.7. The molecule has 98 valence electrons. The molecule has 0 atom stereocenters. The predicted molar refractivity (Wildman–Crippen MR) is 72.2 cm³/mol. The van der Waals surface area contributed by atoms with Crippen molar-refractivity contribution in [2.24, 2.45) is 0 Å². The van der Waals surface area contributed by atoms with E-state index in [2.05, 4.69) is 4.98 Å². The molecule has 0 saturated carbocycles. The van der Waals surface area contributed by atoms with E-state index < -0.39 is 0 Å². The number of carbonyl (C=O) groups is 1. The molecule has 0 saturated heterocycles. The van der Waals surface area contributed by atoms with Crippen molar-refractivity contribution in [3.63, 3.8) is 0 Å². The Labute approximate surface area is 112 Å². The Hall–Kier alpha value is -2.36. The van der Waals surface area contributed by atoms with Gasteiger partial charge in [-0.2, -0.15) is 0 Å². The molecule has 2 aromatic rings. The Morgan fingerprint density at radius 3 is 2.53 bits per heavy atom. The molecule has 19 heavy (non-hydrogen) atoms.